The molecular formula is C16H19FKN5O. The molecule has 2 aromatic rings. The second-order valence-electron chi connectivity index (χ2n) is 5.67. The van der Waals surface area contributed by atoms with Gasteiger partial charge in [-0.25, -0.2) is 0 Å². The first kappa shape index (κ1) is 19.4. The van der Waals surface area contributed by atoms with E-state index in [9.17, 15) is 4.53 Å². The van der Waals surface area contributed by atoms with Crippen molar-refractivity contribution >= 4 is 11.7 Å². The van der Waals surface area contributed by atoms with Crippen LogP contribution in [0.25, 0.3) is 16.4 Å². The number of hydrogen-bond donors (Lipinski definition) is 3. The molecule has 1 aromatic carbocycles. The van der Waals surface area contributed by atoms with Crippen molar-refractivity contribution in [1.82, 2.24) is 4.57 Å². The van der Waals surface area contributed by atoms with Crippen LogP contribution >= 0.6 is 0 Å². The number of fused-ring (bicyclic) bond motifs is 1. The molecule has 0 spiro atoms. The first-order valence-corrected chi connectivity index (χ1v) is 7.41. The van der Waals surface area contributed by atoms with Crippen LogP contribution < -0.4 is 67.8 Å². The maximum atomic E-state index is 12.3. The molecule has 0 aliphatic carbocycles. The summed E-state index contributed by atoms with van der Waals surface area (Å²) in [4.78, 5) is 3.73. The number of rotatable bonds is 4. The molecule has 8 heteroatoms. The molecule has 0 fully saturated rings. The Balaban J connectivity index is 0.00000208. The molecule has 6 nitrogen and oxygen atoms in total. The summed E-state index contributed by atoms with van der Waals surface area (Å²) in [7, 11) is 1.68. The fourth-order valence-electron chi connectivity index (χ4n) is 3.23. The van der Waals surface area contributed by atoms with Gasteiger partial charge < -0.3 is 21.4 Å². The summed E-state index contributed by atoms with van der Waals surface area (Å²) in [6.45, 7) is 0.647. The van der Waals surface area contributed by atoms with Crippen molar-refractivity contribution in [3.8, 4) is 16.9 Å². The van der Waals surface area contributed by atoms with Crippen molar-refractivity contribution in [3.63, 3.8) is 0 Å². The zero-order chi connectivity index (χ0) is 16.6. The zero-order valence-corrected chi connectivity index (χ0v) is 17.0. The monoisotopic (exact) mass is 355 g/mol. The van der Waals surface area contributed by atoms with Gasteiger partial charge in [-0.2, -0.15) is 0 Å². The van der Waals surface area contributed by atoms with Crippen LogP contribution in [0.15, 0.2) is 24.3 Å². The standard InChI is InChI=1S/C16H19FN5O.K/c1-21-16-14(15(19)20)13(9-2-5-11(23-17)6-3-9)12-7-4-10(18)8-22(12)16;/h2-3,5-6,10H,4,7-8,18H2,1H3,(H3,19,20);/q-1;+1. The third kappa shape index (κ3) is 3.39. The maximum absolute atomic E-state index is 12.3. The molecule has 1 atom stereocenters. The molecule has 5 N–H and O–H groups in total. The molecule has 1 aromatic heterocycles. The molecule has 0 radical (unpaired) electrons. The first-order chi connectivity index (χ1) is 11.1. The number of benzene rings is 1. The third-order valence-corrected chi connectivity index (χ3v) is 4.23. The summed E-state index contributed by atoms with van der Waals surface area (Å²) in [5, 5.41) is 12.3. The minimum absolute atomic E-state index is 0. The number of nitrogens with zero attached hydrogens (tertiary/aromatic N) is 2. The number of nitrogen functional groups attached to an aromatic ring is 1. The van der Waals surface area contributed by atoms with E-state index in [1.807, 2.05) is 4.57 Å². The van der Waals surface area contributed by atoms with E-state index in [4.69, 9.17) is 16.9 Å². The molecule has 0 amide bonds. The third-order valence-electron chi connectivity index (χ3n) is 4.23. The largest absolute Gasteiger partial charge is 1.00 e. The fourth-order valence-corrected chi connectivity index (χ4v) is 3.23. The Labute approximate surface area is 182 Å². The van der Waals surface area contributed by atoms with E-state index in [1.165, 1.54) is 0 Å². The van der Waals surface area contributed by atoms with Gasteiger partial charge in [0.2, 0.25) is 0 Å². The Morgan fingerprint density at radius 1 is 1.38 bits per heavy atom. The number of nitrogens with one attached hydrogen (secondary N) is 1. The van der Waals surface area contributed by atoms with Crippen molar-refractivity contribution in [2.24, 2.45) is 11.5 Å². The summed E-state index contributed by atoms with van der Waals surface area (Å²) in [6, 6.07) is 6.66. The molecule has 1 unspecified atom stereocenters. The summed E-state index contributed by atoms with van der Waals surface area (Å²) in [5.74, 6) is 0.763. The normalized spacial score (nSPS) is 16.0. The van der Waals surface area contributed by atoms with Gasteiger partial charge in [0.25, 0.3) is 0 Å². The minimum Gasteiger partial charge on any atom is -0.468 e. The van der Waals surface area contributed by atoms with Crippen LogP contribution in [0.1, 0.15) is 17.7 Å². The maximum Gasteiger partial charge on any atom is 1.00 e. The Bertz CT molecular complexity index is 744. The van der Waals surface area contributed by atoms with Crippen LogP contribution in [0.3, 0.4) is 0 Å². The molecule has 3 rings (SSSR count). The first-order valence-electron chi connectivity index (χ1n) is 7.41. The number of halogens is 1. The molecule has 1 aliphatic heterocycles. The SMILES string of the molecule is C[N-]c1c(C(=N)N)c(-c2ccc(OF)cc2)c2n1CC(N)CC2.[K+]. The van der Waals surface area contributed by atoms with Gasteiger partial charge in [-0.3, -0.25) is 10.4 Å². The second kappa shape index (κ2) is 7.98. The second-order valence-corrected chi connectivity index (χ2v) is 5.67. The topological polar surface area (TPSA) is 104 Å². The van der Waals surface area contributed by atoms with E-state index in [0.29, 0.717) is 17.9 Å². The minimum atomic E-state index is -0.0399. The molecule has 2 heterocycles. The fraction of sp³-hybridized carbons (Fsp3) is 0.312. The quantitative estimate of drug-likeness (QED) is 0.395. The molecule has 0 bridgehead atoms. The van der Waals surface area contributed by atoms with Crippen molar-refractivity contribution in [1.29, 1.82) is 5.41 Å². The molecule has 0 saturated heterocycles. The van der Waals surface area contributed by atoms with Crippen molar-refractivity contribution in [2.75, 3.05) is 7.05 Å². The Kier molecular flexibility index (Phi) is 6.46. The van der Waals surface area contributed by atoms with Crippen molar-refractivity contribution in [3.05, 3.63) is 40.8 Å². The molecule has 122 valence electrons. The van der Waals surface area contributed by atoms with Gasteiger partial charge >= 0.3 is 51.4 Å². The smallest absolute Gasteiger partial charge is 0.468 e. The number of amidine groups is 1. The van der Waals surface area contributed by atoms with Gasteiger partial charge in [0.1, 0.15) is 5.84 Å². The summed E-state index contributed by atoms with van der Waals surface area (Å²) in [6.07, 6.45) is 1.65. The molecular weight excluding hydrogens is 336 g/mol. The Morgan fingerprint density at radius 3 is 2.58 bits per heavy atom. The molecule has 0 saturated carbocycles. The van der Waals surface area contributed by atoms with E-state index < -0.39 is 0 Å². The summed E-state index contributed by atoms with van der Waals surface area (Å²) < 4.78 is 14.3. The summed E-state index contributed by atoms with van der Waals surface area (Å²) in [5.41, 5.74) is 15.3. The average molecular weight is 355 g/mol. The van der Waals surface area contributed by atoms with Crippen LogP contribution in [0.4, 0.5) is 10.3 Å². The van der Waals surface area contributed by atoms with E-state index in [2.05, 4.69) is 10.3 Å². The van der Waals surface area contributed by atoms with Gasteiger partial charge in [0, 0.05) is 16.1 Å². The Morgan fingerprint density at radius 2 is 2.04 bits per heavy atom. The average Bonchev–Trinajstić information content (AvgIpc) is 2.88. The van der Waals surface area contributed by atoms with Crippen LogP contribution in [0, 0.1) is 5.41 Å². The zero-order valence-electron chi connectivity index (χ0n) is 13.8. The number of nitrogens with two attached hydrogens (primary N) is 2. The van der Waals surface area contributed by atoms with Gasteiger partial charge in [0.05, 0.1) is 0 Å². The van der Waals surface area contributed by atoms with Gasteiger partial charge in [-0.15, -0.1) is 0 Å². The molecule has 1 aliphatic rings. The Hall–Kier alpha value is -0.904. The van der Waals surface area contributed by atoms with E-state index in [0.717, 1.165) is 29.7 Å². The van der Waals surface area contributed by atoms with Crippen LogP contribution in [-0.2, 0) is 13.0 Å². The van der Waals surface area contributed by atoms with Gasteiger partial charge in [-0.1, -0.05) is 30.7 Å². The van der Waals surface area contributed by atoms with Crippen LogP contribution in [0.5, 0.6) is 5.75 Å². The van der Waals surface area contributed by atoms with E-state index in [1.54, 1.807) is 31.3 Å². The van der Waals surface area contributed by atoms with Gasteiger partial charge in [-0.05, 0) is 42.6 Å². The van der Waals surface area contributed by atoms with Crippen molar-refractivity contribution in [2.45, 2.75) is 25.4 Å². The van der Waals surface area contributed by atoms with E-state index in [-0.39, 0.29) is 69.0 Å². The van der Waals surface area contributed by atoms with Crippen LogP contribution in [0.2, 0.25) is 0 Å². The number of aromatic nitrogens is 1. The predicted octanol–water partition coefficient (Wildman–Crippen LogP) is -0.385. The van der Waals surface area contributed by atoms with Crippen LogP contribution in [-0.4, -0.2) is 23.5 Å². The predicted molar refractivity (Wildman–Crippen MR) is 87.9 cm³/mol. The number of hydrogen-bond acceptors (Lipinski definition) is 3. The van der Waals surface area contributed by atoms with Gasteiger partial charge in [0.15, 0.2) is 5.75 Å². The molecule has 24 heavy (non-hydrogen) atoms. The summed E-state index contributed by atoms with van der Waals surface area (Å²) >= 11 is 0. The van der Waals surface area contributed by atoms with E-state index >= 15 is 0 Å². The van der Waals surface area contributed by atoms with Crippen molar-refractivity contribution < 1.29 is 60.9 Å².